The number of anilines is 1. The van der Waals surface area contributed by atoms with Crippen molar-refractivity contribution in [1.82, 2.24) is 24.3 Å². The summed E-state index contributed by atoms with van der Waals surface area (Å²) >= 11 is 0. The molecule has 260 valence electrons. The molecule has 10 nitrogen and oxygen atoms in total. The van der Waals surface area contributed by atoms with Gasteiger partial charge in [0.25, 0.3) is 11.1 Å². The van der Waals surface area contributed by atoms with E-state index in [1.807, 2.05) is 0 Å². The van der Waals surface area contributed by atoms with E-state index in [1.165, 1.54) is 22.9 Å². The standard InChI is InChI=1S/C30H33F7N6O4Si/c1-48(2,3)10-9-47-17-43-28(46)25(30(35,36)37)24(15-40-43)41-20(16-44)5-4-7-42-8-6-18-11-22(23(31)12-21(18)27(42)45)26-38-13-19(14-39-26)29(32,33)34/h6,8,11-15,20,41,44H,4-5,7,9-10,16-17H2,1-3H3/t20-/m1/s1. The largest absolute Gasteiger partial charge is 0.423 e. The molecule has 3 heterocycles. The van der Waals surface area contributed by atoms with Crippen LogP contribution in [0.4, 0.5) is 36.4 Å². The Morgan fingerprint density at radius 3 is 2.29 bits per heavy atom. The Labute approximate surface area is 270 Å². The topological polar surface area (TPSA) is 124 Å². The maximum Gasteiger partial charge on any atom is 0.423 e. The van der Waals surface area contributed by atoms with Crippen molar-refractivity contribution in [1.29, 1.82) is 0 Å². The number of aromatic nitrogens is 5. The van der Waals surface area contributed by atoms with Crippen LogP contribution in [0, 0.1) is 5.82 Å². The number of benzene rings is 1. The van der Waals surface area contributed by atoms with E-state index < -0.39 is 73.6 Å². The molecule has 0 amide bonds. The first-order chi connectivity index (χ1) is 22.4. The van der Waals surface area contributed by atoms with E-state index in [-0.39, 0.29) is 48.2 Å². The highest BCUT2D eigenvalue weighted by Gasteiger charge is 2.39. The summed E-state index contributed by atoms with van der Waals surface area (Å²) in [6.07, 6.45) is -6.15. The molecule has 4 aromatic rings. The van der Waals surface area contributed by atoms with E-state index in [0.29, 0.717) is 17.1 Å². The van der Waals surface area contributed by atoms with Crippen molar-refractivity contribution in [3.05, 3.63) is 80.6 Å². The predicted molar refractivity (Wildman–Crippen MR) is 166 cm³/mol. The lowest BCUT2D eigenvalue weighted by Gasteiger charge is -2.21. The average Bonchev–Trinajstić information content (AvgIpc) is 2.99. The maximum atomic E-state index is 15.0. The van der Waals surface area contributed by atoms with Gasteiger partial charge in [-0.25, -0.2) is 19.0 Å². The zero-order valence-electron chi connectivity index (χ0n) is 26.1. The number of rotatable bonds is 13. The number of hydrogen-bond donors (Lipinski definition) is 2. The second-order valence-electron chi connectivity index (χ2n) is 12.3. The lowest BCUT2D eigenvalue weighted by atomic mass is 10.1. The van der Waals surface area contributed by atoms with Crippen molar-refractivity contribution in [3.8, 4) is 11.4 Å². The van der Waals surface area contributed by atoms with Crippen LogP contribution in [0.1, 0.15) is 24.0 Å². The first-order valence-corrected chi connectivity index (χ1v) is 18.4. The number of aliphatic hydroxyl groups is 1. The van der Waals surface area contributed by atoms with Crippen molar-refractivity contribution >= 4 is 24.5 Å². The molecule has 0 aliphatic rings. The normalized spacial score (nSPS) is 13.2. The number of aliphatic hydroxyl groups excluding tert-OH is 1. The van der Waals surface area contributed by atoms with Crippen LogP contribution in [0.3, 0.4) is 0 Å². The van der Waals surface area contributed by atoms with Gasteiger partial charge in [-0.2, -0.15) is 31.4 Å². The number of alkyl halides is 6. The first-order valence-electron chi connectivity index (χ1n) is 14.7. The molecular formula is C30H33F7N6O4Si. The third-order valence-corrected chi connectivity index (χ3v) is 9.06. The molecule has 0 spiro atoms. The number of hydrogen-bond acceptors (Lipinski definition) is 8. The zero-order valence-corrected chi connectivity index (χ0v) is 27.1. The summed E-state index contributed by atoms with van der Waals surface area (Å²) in [5, 5.41) is 16.5. The van der Waals surface area contributed by atoms with Crippen LogP contribution in [0.25, 0.3) is 22.2 Å². The maximum absolute atomic E-state index is 15.0. The van der Waals surface area contributed by atoms with E-state index in [1.54, 1.807) is 0 Å². The van der Waals surface area contributed by atoms with E-state index in [0.717, 1.165) is 18.3 Å². The lowest BCUT2D eigenvalue weighted by molar-refractivity contribution is -0.139. The highest BCUT2D eigenvalue weighted by atomic mass is 28.3. The Bertz CT molecular complexity index is 1860. The highest BCUT2D eigenvalue weighted by Crippen LogP contribution is 2.33. The smallest absolute Gasteiger partial charge is 0.394 e. The van der Waals surface area contributed by atoms with Gasteiger partial charge in [-0.1, -0.05) is 19.6 Å². The third kappa shape index (κ3) is 9.04. The summed E-state index contributed by atoms with van der Waals surface area (Å²) in [5.41, 5.74) is -5.42. The number of halogens is 7. The minimum Gasteiger partial charge on any atom is -0.394 e. The number of nitrogens with zero attached hydrogens (tertiary/aromatic N) is 5. The van der Waals surface area contributed by atoms with Crippen molar-refractivity contribution < 1.29 is 40.6 Å². The van der Waals surface area contributed by atoms with Crippen LogP contribution < -0.4 is 16.4 Å². The molecular weight excluding hydrogens is 669 g/mol. The van der Waals surface area contributed by atoms with Gasteiger partial charge < -0.3 is 19.7 Å². The average molecular weight is 703 g/mol. The number of ether oxygens (including phenoxy) is 1. The van der Waals surface area contributed by atoms with E-state index in [4.69, 9.17) is 4.74 Å². The van der Waals surface area contributed by atoms with Gasteiger partial charge in [-0.05, 0) is 42.5 Å². The molecule has 1 atom stereocenters. The Hall–Kier alpha value is -4.16. The molecule has 0 unspecified atom stereocenters. The second-order valence-corrected chi connectivity index (χ2v) is 17.9. The Balaban J connectivity index is 1.45. The molecule has 4 rings (SSSR count). The highest BCUT2D eigenvalue weighted by molar-refractivity contribution is 6.76. The Morgan fingerprint density at radius 1 is 1.00 bits per heavy atom. The third-order valence-electron chi connectivity index (χ3n) is 7.35. The van der Waals surface area contributed by atoms with Gasteiger partial charge in [0.15, 0.2) is 5.82 Å². The van der Waals surface area contributed by atoms with Crippen molar-refractivity contribution in [2.75, 3.05) is 18.5 Å². The summed E-state index contributed by atoms with van der Waals surface area (Å²) in [4.78, 5) is 33.0. The van der Waals surface area contributed by atoms with Gasteiger partial charge in [0.1, 0.15) is 18.1 Å². The van der Waals surface area contributed by atoms with Crippen molar-refractivity contribution in [2.24, 2.45) is 0 Å². The monoisotopic (exact) mass is 702 g/mol. The minimum absolute atomic E-state index is 0.0339. The van der Waals surface area contributed by atoms with E-state index >= 15 is 0 Å². The summed E-state index contributed by atoms with van der Waals surface area (Å²) in [5.74, 6) is -1.24. The number of pyridine rings is 1. The molecule has 0 bridgehead atoms. The molecule has 0 aliphatic carbocycles. The van der Waals surface area contributed by atoms with Crippen LogP contribution in [0.15, 0.2) is 52.6 Å². The van der Waals surface area contributed by atoms with Gasteiger partial charge in [0, 0.05) is 45.9 Å². The predicted octanol–water partition coefficient (Wildman–Crippen LogP) is 5.76. The van der Waals surface area contributed by atoms with E-state index in [2.05, 4.69) is 40.0 Å². The molecule has 0 radical (unpaired) electrons. The molecule has 48 heavy (non-hydrogen) atoms. The van der Waals surface area contributed by atoms with Crippen LogP contribution >= 0.6 is 0 Å². The van der Waals surface area contributed by atoms with Crippen LogP contribution in [-0.2, 0) is 30.4 Å². The molecule has 0 saturated heterocycles. The van der Waals surface area contributed by atoms with Gasteiger partial charge >= 0.3 is 12.4 Å². The molecule has 0 saturated carbocycles. The van der Waals surface area contributed by atoms with Gasteiger partial charge in [0.05, 0.1) is 35.0 Å². The lowest BCUT2D eigenvalue weighted by Crippen LogP contribution is -2.35. The first kappa shape index (κ1) is 36.7. The van der Waals surface area contributed by atoms with Crippen molar-refractivity contribution in [2.45, 2.75) is 70.2 Å². The summed E-state index contributed by atoms with van der Waals surface area (Å²) < 4.78 is 103. The SMILES string of the molecule is C[Si](C)(C)CCOCn1ncc(N[C@@H](CO)CCCn2ccc3cc(-c4ncc(C(F)(F)F)cn4)c(F)cc3c2=O)c(C(F)(F)F)c1=O. The summed E-state index contributed by atoms with van der Waals surface area (Å²) in [7, 11) is -1.46. The molecule has 3 aromatic heterocycles. The second kappa shape index (κ2) is 14.5. The summed E-state index contributed by atoms with van der Waals surface area (Å²) in [6.45, 7) is 5.56. The fourth-order valence-corrected chi connectivity index (χ4v) is 5.45. The minimum atomic E-state index is -5.03. The van der Waals surface area contributed by atoms with Crippen LogP contribution in [0.5, 0.6) is 0 Å². The molecule has 0 aliphatic heterocycles. The Morgan fingerprint density at radius 2 is 1.69 bits per heavy atom. The van der Waals surface area contributed by atoms with Crippen LogP contribution in [-0.4, -0.2) is 56.8 Å². The fourth-order valence-electron chi connectivity index (χ4n) is 4.70. The molecule has 18 heteroatoms. The van der Waals surface area contributed by atoms with Crippen molar-refractivity contribution in [3.63, 3.8) is 0 Å². The Kier molecular flexibility index (Phi) is 11.1. The number of nitrogens with one attached hydrogen (secondary N) is 1. The number of fused-ring (bicyclic) bond motifs is 1. The zero-order chi connectivity index (χ0) is 35.4. The molecule has 0 fully saturated rings. The molecule has 2 N–H and O–H groups in total. The molecule has 1 aromatic carbocycles. The summed E-state index contributed by atoms with van der Waals surface area (Å²) in [6, 6.07) is 3.45. The fraction of sp³-hybridized carbons (Fsp3) is 0.433. The van der Waals surface area contributed by atoms with E-state index in [9.17, 15) is 45.4 Å². The van der Waals surface area contributed by atoms with Crippen LogP contribution in [0.2, 0.25) is 25.7 Å². The quantitative estimate of drug-likeness (QED) is 0.103. The van der Waals surface area contributed by atoms with Gasteiger partial charge in [-0.15, -0.1) is 0 Å². The number of aryl methyl sites for hydroxylation is 1. The van der Waals surface area contributed by atoms with Gasteiger partial charge in [-0.3, -0.25) is 9.59 Å². The van der Waals surface area contributed by atoms with Gasteiger partial charge in [0.2, 0.25) is 0 Å².